The van der Waals surface area contributed by atoms with E-state index in [1.807, 2.05) is 34.9 Å². The van der Waals surface area contributed by atoms with Crippen LogP contribution in [0.1, 0.15) is 6.42 Å². The number of likely N-dealkylation sites (tertiary alicyclic amines) is 1. The van der Waals surface area contributed by atoms with Crippen LogP contribution in [0.15, 0.2) is 42.9 Å². The smallest absolute Gasteiger partial charge is 0.230 e. The number of hydrogen-bond acceptors (Lipinski definition) is 4. The van der Waals surface area contributed by atoms with Crippen LogP contribution < -0.4 is 5.32 Å². The van der Waals surface area contributed by atoms with Crippen LogP contribution in [0.5, 0.6) is 0 Å². The van der Waals surface area contributed by atoms with Crippen LogP contribution in [0.2, 0.25) is 0 Å². The first-order valence-electron chi connectivity index (χ1n) is 6.81. The zero-order chi connectivity index (χ0) is 14.7. The number of aromatic nitrogens is 2. The molecule has 1 aliphatic rings. The van der Waals surface area contributed by atoms with Gasteiger partial charge in [0.05, 0.1) is 12.1 Å². The van der Waals surface area contributed by atoms with Crippen LogP contribution in [0.3, 0.4) is 0 Å². The molecule has 1 aromatic carbocycles. The van der Waals surface area contributed by atoms with Crippen LogP contribution in [-0.2, 0) is 4.79 Å². The van der Waals surface area contributed by atoms with Crippen molar-refractivity contribution in [1.29, 1.82) is 5.26 Å². The summed E-state index contributed by atoms with van der Waals surface area (Å²) in [6, 6.07) is 9.78. The van der Waals surface area contributed by atoms with Crippen molar-refractivity contribution in [2.24, 2.45) is 5.92 Å². The SMILES string of the molecule is N#CN1CC[C@H](C(=O)Nc2cn(-c3ccccc3)cn2)C1. The monoisotopic (exact) mass is 281 g/mol. The molecule has 1 fully saturated rings. The zero-order valence-electron chi connectivity index (χ0n) is 11.4. The maximum Gasteiger partial charge on any atom is 0.230 e. The van der Waals surface area contributed by atoms with Crippen molar-refractivity contribution in [3.63, 3.8) is 0 Å². The van der Waals surface area contributed by atoms with E-state index in [-0.39, 0.29) is 11.8 Å². The summed E-state index contributed by atoms with van der Waals surface area (Å²) < 4.78 is 1.85. The Labute approximate surface area is 122 Å². The molecule has 2 heterocycles. The van der Waals surface area contributed by atoms with Crippen molar-refractivity contribution in [2.45, 2.75) is 6.42 Å². The first kappa shape index (κ1) is 13.2. The molecule has 2 aromatic rings. The van der Waals surface area contributed by atoms with Crippen LogP contribution >= 0.6 is 0 Å². The third-order valence-corrected chi connectivity index (χ3v) is 3.59. The molecule has 0 radical (unpaired) electrons. The Morgan fingerprint density at radius 3 is 2.90 bits per heavy atom. The fourth-order valence-corrected chi connectivity index (χ4v) is 2.42. The topological polar surface area (TPSA) is 74.0 Å². The first-order chi connectivity index (χ1) is 10.3. The van der Waals surface area contributed by atoms with Crippen molar-refractivity contribution >= 4 is 11.7 Å². The lowest BCUT2D eigenvalue weighted by molar-refractivity contribution is -0.119. The molecule has 3 rings (SSSR count). The number of carbonyl (C=O) groups is 1. The number of imidazole rings is 1. The molecule has 0 unspecified atom stereocenters. The van der Waals surface area contributed by atoms with Gasteiger partial charge in [0.2, 0.25) is 5.91 Å². The largest absolute Gasteiger partial charge is 0.310 e. The van der Waals surface area contributed by atoms with Crippen LogP contribution in [-0.4, -0.2) is 33.4 Å². The zero-order valence-corrected chi connectivity index (χ0v) is 11.4. The van der Waals surface area contributed by atoms with Crippen molar-refractivity contribution in [3.8, 4) is 11.9 Å². The third-order valence-electron chi connectivity index (χ3n) is 3.59. The Morgan fingerprint density at radius 2 is 2.19 bits per heavy atom. The van der Waals surface area contributed by atoms with Gasteiger partial charge in [0, 0.05) is 18.8 Å². The van der Waals surface area contributed by atoms with E-state index >= 15 is 0 Å². The van der Waals surface area contributed by atoms with E-state index < -0.39 is 0 Å². The lowest BCUT2D eigenvalue weighted by Crippen LogP contribution is -2.25. The molecule has 0 spiro atoms. The molecular formula is C15H15N5O. The van der Waals surface area contributed by atoms with E-state index in [4.69, 9.17) is 5.26 Å². The minimum Gasteiger partial charge on any atom is -0.310 e. The van der Waals surface area contributed by atoms with E-state index in [1.165, 1.54) is 0 Å². The number of nitrogens with one attached hydrogen (secondary N) is 1. The van der Waals surface area contributed by atoms with E-state index in [0.29, 0.717) is 25.3 Å². The molecule has 1 aromatic heterocycles. The minimum absolute atomic E-state index is 0.0777. The van der Waals surface area contributed by atoms with Gasteiger partial charge in [-0.2, -0.15) is 5.26 Å². The van der Waals surface area contributed by atoms with Gasteiger partial charge in [-0.25, -0.2) is 4.98 Å². The highest BCUT2D eigenvalue weighted by Gasteiger charge is 2.28. The van der Waals surface area contributed by atoms with E-state index in [9.17, 15) is 4.79 Å². The van der Waals surface area contributed by atoms with Crippen molar-refractivity contribution < 1.29 is 4.79 Å². The molecule has 0 aliphatic carbocycles. The lowest BCUT2D eigenvalue weighted by Gasteiger charge is -2.08. The number of anilines is 1. The Morgan fingerprint density at radius 1 is 1.38 bits per heavy atom. The van der Waals surface area contributed by atoms with Gasteiger partial charge < -0.3 is 14.8 Å². The van der Waals surface area contributed by atoms with Gasteiger partial charge in [0.25, 0.3) is 0 Å². The predicted molar refractivity (Wildman–Crippen MR) is 77.5 cm³/mol. The number of hydrogen-bond donors (Lipinski definition) is 1. The standard InChI is InChI=1S/C15H15N5O/c16-10-19-7-6-12(8-19)15(21)18-14-9-20(11-17-14)13-4-2-1-3-5-13/h1-5,9,11-12H,6-8H2,(H,18,21)/t12-/m0/s1. The number of carbonyl (C=O) groups excluding carboxylic acids is 1. The fraction of sp³-hybridized carbons (Fsp3) is 0.267. The molecule has 1 amide bonds. The number of nitriles is 1. The molecule has 6 nitrogen and oxygen atoms in total. The summed E-state index contributed by atoms with van der Waals surface area (Å²) in [5.41, 5.74) is 0.988. The normalized spacial score (nSPS) is 17.5. The number of nitrogens with zero attached hydrogens (tertiary/aromatic N) is 4. The van der Waals surface area contributed by atoms with Gasteiger partial charge in [-0.15, -0.1) is 0 Å². The first-order valence-corrected chi connectivity index (χ1v) is 6.81. The molecule has 1 N–H and O–H groups in total. The molecule has 21 heavy (non-hydrogen) atoms. The Hall–Kier alpha value is -2.81. The molecule has 1 saturated heterocycles. The van der Waals surface area contributed by atoms with Gasteiger partial charge in [0.15, 0.2) is 12.0 Å². The molecule has 6 heteroatoms. The van der Waals surface area contributed by atoms with Crippen molar-refractivity contribution in [3.05, 3.63) is 42.9 Å². The summed E-state index contributed by atoms with van der Waals surface area (Å²) in [7, 11) is 0. The van der Waals surface area contributed by atoms with E-state index in [1.54, 1.807) is 17.4 Å². The van der Waals surface area contributed by atoms with Gasteiger partial charge in [-0.3, -0.25) is 4.79 Å². The summed E-state index contributed by atoms with van der Waals surface area (Å²) in [6.45, 7) is 1.13. The summed E-state index contributed by atoms with van der Waals surface area (Å²) in [5.74, 6) is 0.303. The lowest BCUT2D eigenvalue weighted by atomic mass is 10.1. The average Bonchev–Trinajstić information content (AvgIpc) is 3.17. The van der Waals surface area contributed by atoms with Gasteiger partial charge >= 0.3 is 0 Å². The second kappa shape index (κ2) is 5.67. The maximum absolute atomic E-state index is 12.1. The number of amides is 1. The highest BCUT2D eigenvalue weighted by atomic mass is 16.2. The third kappa shape index (κ3) is 2.87. The Bertz CT molecular complexity index is 673. The number of rotatable bonds is 3. The quantitative estimate of drug-likeness (QED) is 0.867. The van der Waals surface area contributed by atoms with Crippen LogP contribution in [0, 0.1) is 17.4 Å². The second-order valence-electron chi connectivity index (χ2n) is 5.02. The molecule has 1 atom stereocenters. The highest BCUT2D eigenvalue weighted by molar-refractivity contribution is 5.92. The van der Waals surface area contributed by atoms with Crippen molar-refractivity contribution in [2.75, 3.05) is 18.4 Å². The van der Waals surface area contributed by atoms with E-state index in [2.05, 4.69) is 16.5 Å². The summed E-state index contributed by atoms with van der Waals surface area (Å²) in [4.78, 5) is 17.9. The van der Waals surface area contributed by atoms with Gasteiger partial charge in [0.1, 0.15) is 6.33 Å². The molecule has 106 valence electrons. The number of benzene rings is 1. The fourth-order valence-electron chi connectivity index (χ4n) is 2.42. The highest BCUT2D eigenvalue weighted by Crippen LogP contribution is 2.18. The van der Waals surface area contributed by atoms with Crippen molar-refractivity contribution in [1.82, 2.24) is 14.5 Å². The predicted octanol–water partition coefficient (Wildman–Crippen LogP) is 1.61. The molecule has 1 aliphatic heterocycles. The molecule has 0 saturated carbocycles. The average molecular weight is 281 g/mol. The maximum atomic E-state index is 12.1. The molecular weight excluding hydrogens is 266 g/mol. The minimum atomic E-state index is -0.147. The molecule has 0 bridgehead atoms. The Kier molecular flexibility index (Phi) is 3.56. The Balaban J connectivity index is 1.65. The van der Waals surface area contributed by atoms with Gasteiger partial charge in [-0.05, 0) is 18.6 Å². The van der Waals surface area contributed by atoms with Gasteiger partial charge in [-0.1, -0.05) is 18.2 Å². The second-order valence-corrected chi connectivity index (χ2v) is 5.02. The van der Waals surface area contributed by atoms with E-state index in [0.717, 1.165) is 5.69 Å². The van der Waals surface area contributed by atoms with Crippen LogP contribution in [0.25, 0.3) is 5.69 Å². The summed E-state index contributed by atoms with van der Waals surface area (Å²) in [5, 5.41) is 11.6. The summed E-state index contributed by atoms with van der Waals surface area (Å²) >= 11 is 0. The van der Waals surface area contributed by atoms with Crippen LogP contribution in [0.4, 0.5) is 5.82 Å². The number of para-hydroxylation sites is 1. The summed E-state index contributed by atoms with van der Waals surface area (Å²) in [6.07, 6.45) is 6.23.